The monoisotopic (exact) mass is 272 g/mol. The van der Waals surface area contributed by atoms with Crippen LogP contribution in [0.15, 0.2) is 11.6 Å². The summed E-state index contributed by atoms with van der Waals surface area (Å²) >= 11 is 0. The van der Waals surface area contributed by atoms with E-state index in [2.05, 4.69) is 40.7 Å². The molecule has 0 spiro atoms. The van der Waals surface area contributed by atoms with Crippen LogP contribution in [0.5, 0.6) is 0 Å². The third-order valence-corrected chi connectivity index (χ3v) is 2.86. The van der Waals surface area contributed by atoms with Crippen molar-refractivity contribution < 1.29 is 5.11 Å². The lowest BCUT2D eigenvalue weighted by Crippen LogP contribution is -1.85. The summed E-state index contributed by atoms with van der Waals surface area (Å²) in [6.45, 7) is 11.0. The maximum absolute atomic E-state index is 7.00. The topological polar surface area (TPSA) is 20.2 Å². The first-order valence-corrected chi connectivity index (χ1v) is 8.35. The fourth-order valence-corrected chi connectivity index (χ4v) is 1.77. The summed E-state index contributed by atoms with van der Waals surface area (Å²) in [6.07, 6.45) is 16.0. The Balaban J connectivity index is -0.000000445. The van der Waals surface area contributed by atoms with Crippen LogP contribution in [0.2, 0.25) is 0 Å². The molecule has 0 aliphatic rings. The molecule has 1 nitrogen and oxygen atoms in total. The summed E-state index contributed by atoms with van der Waals surface area (Å²) in [5.74, 6) is 0. The van der Waals surface area contributed by atoms with Gasteiger partial charge in [-0.25, -0.2) is 0 Å². The molecule has 0 aliphatic heterocycles. The van der Waals surface area contributed by atoms with Crippen molar-refractivity contribution in [3.63, 3.8) is 0 Å². The Kier molecular flexibility index (Phi) is 32.9. The molecule has 0 saturated carbocycles. The highest BCUT2D eigenvalue weighted by atomic mass is 16.2. The van der Waals surface area contributed by atoms with Crippen molar-refractivity contribution >= 4 is 0 Å². The van der Waals surface area contributed by atoms with E-state index in [1.165, 1.54) is 64.2 Å². The van der Waals surface area contributed by atoms with Gasteiger partial charge >= 0.3 is 0 Å². The predicted molar refractivity (Wildman–Crippen MR) is 90.8 cm³/mol. The van der Waals surface area contributed by atoms with Gasteiger partial charge in [0.05, 0.1) is 0 Å². The molecule has 0 fully saturated rings. The highest BCUT2D eigenvalue weighted by molar-refractivity contribution is 4.99. The van der Waals surface area contributed by atoms with Gasteiger partial charge in [0.2, 0.25) is 0 Å². The van der Waals surface area contributed by atoms with Crippen LogP contribution in [0.4, 0.5) is 0 Å². The number of aliphatic hydroxyl groups excluding tert-OH is 1. The summed E-state index contributed by atoms with van der Waals surface area (Å²) in [6, 6.07) is 0. The van der Waals surface area contributed by atoms with Crippen molar-refractivity contribution in [3.05, 3.63) is 11.6 Å². The normalized spacial score (nSPS) is 10.2. The van der Waals surface area contributed by atoms with Gasteiger partial charge in [0.25, 0.3) is 0 Å². The highest BCUT2D eigenvalue weighted by Gasteiger charge is 1.96. The second kappa shape index (κ2) is 26.3. The minimum Gasteiger partial charge on any atom is -0.400 e. The fourth-order valence-electron chi connectivity index (χ4n) is 1.77. The Labute approximate surface area is 123 Å². The van der Waals surface area contributed by atoms with Gasteiger partial charge in [0, 0.05) is 7.11 Å². The number of unbranched alkanes of at least 4 members (excludes halogenated alkanes) is 5. The molecule has 0 heterocycles. The predicted octanol–water partition coefficient (Wildman–Crippen LogP) is 6.51. The van der Waals surface area contributed by atoms with Gasteiger partial charge < -0.3 is 5.11 Å². The Morgan fingerprint density at radius 1 is 0.737 bits per heavy atom. The highest BCUT2D eigenvalue weighted by Crippen LogP contribution is 2.16. The SMILES string of the molecule is C/C=C(/CCCC)CCCCCCC.CCC.CO. The molecule has 0 unspecified atom stereocenters. The maximum atomic E-state index is 7.00. The van der Waals surface area contributed by atoms with Gasteiger partial charge in [0.1, 0.15) is 0 Å². The van der Waals surface area contributed by atoms with Crippen LogP contribution in [0, 0.1) is 0 Å². The summed E-state index contributed by atoms with van der Waals surface area (Å²) in [5, 5.41) is 7.00. The molecule has 0 amide bonds. The van der Waals surface area contributed by atoms with Crippen molar-refractivity contribution in [2.24, 2.45) is 0 Å². The van der Waals surface area contributed by atoms with E-state index in [0.717, 1.165) is 7.11 Å². The van der Waals surface area contributed by atoms with Crippen LogP contribution in [0.25, 0.3) is 0 Å². The van der Waals surface area contributed by atoms with Crippen LogP contribution >= 0.6 is 0 Å². The van der Waals surface area contributed by atoms with E-state index in [4.69, 9.17) is 5.11 Å². The Bertz CT molecular complexity index is 150. The smallest absolute Gasteiger partial charge is 0.0319 e. The molecule has 0 atom stereocenters. The molecular formula is C18H40O. The number of hydrogen-bond acceptors (Lipinski definition) is 1. The third-order valence-electron chi connectivity index (χ3n) is 2.86. The average molecular weight is 273 g/mol. The quantitative estimate of drug-likeness (QED) is 0.375. The van der Waals surface area contributed by atoms with Gasteiger partial charge in [0.15, 0.2) is 0 Å². The number of rotatable bonds is 9. The van der Waals surface area contributed by atoms with Crippen molar-refractivity contribution in [3.8, 4) is 0 Å². The first-order valence-electron chi connectivity index (χ1n) is 8.35. The van der Waals surface area contributed by atoms with Crippen molar-refractivity contribution in [1.82, 2.24) is 0 Å². The van der Waals surface area contributed by atoms with E-state index in [-0.39, 0.29) is 0 Å². The van der Waals surface area contributed by atoms with E-state index in [9.17, 15) is 0 Å². The maximum Gasteiger partial charge on any atom is 0.0319 e. The minimum atomic E-state index is 1.00. The summed E-state index contributed by atoms with van der Waals surface area (Å²) < 4.78 is 0. The van der Waals surface area contributed by atoms with Crippen LogP contribution in [0.1, 0.15) is 98.8 Å². The molecule has 0 radical (unpaired) electrons. The molecule has 19 heavy (non-hydrogen) atoms. The molecule has 0 aliphatic carbocycles. The van der Waals surface area contributed by atoms with E-state index < -0.39 is 0 Å². The summed E-state index contributed by atoms with van der Waals surface area (Å²) in [7, 11) is 1.00. The minimum absolute atomic E-state index is 1.00. The molecule has 0 rings (SSSR count). The van der Waals surface area contributed by atoms with Crippen LogP contribution in [-0.4, -0.2) is 12.2 Å². The van der Waals surface area contributed by atoms with Crippen molar-refractivity contribution in [2.75, 3.05) is 7.11 Å². The van der Waals surface area contributed by atoms with Gasteiger partial charge in [-0.1, -0.05) is 77.9 Å². The number of aliphatic hydroxyl groups is 1. The van der Waals surface area contributed by atoms with Gasteiger partial charge in [-0.15, -0.1) is 0 Å². The first-order chi connectivity index (χ1) is 9.26. The lowest BCUT2D eigenvalue weighted by molar-refractivity contribution is 0.399. The van der Waals surface area contributed by atoms with Crippen molar-refractivity contribution in [2.45, 2.75) is 98.8 Å². The lowest BCUT2D eigenvalue weighted by Gasteiger charge is -2.05. The Hall–Kier alpha value is -0.300. The van der Waals surface area contributed by atoms with Gasteiger partial charge in [-0.3, -0.25) is 0 Å². The summed E-state index contributed by atoms with van der Waals surface area (Å²) in [5.41, 5.74) is 1.68. The fraction of sp³-hybridized carbons (Fsp3) is 0.889. The molecule has 0 aromatic carbocycles. The largest absolute Gasteiger partial charge is 0.400 e. The zero-order valence-corrected chi connectivity index (χ0v) is 14.6. The van der Waals surface area contributed by atoms with Crippen LogP contribution in [0.3, 0.4) is 0 Å². The van der Waals surface area contributed by atoms with E-state index in [1.54, 1.807) is 5.57 Å². The molecule has 118 valence electrons. The molecular weight excluding hydrogens is 232 g/mol. The number of hydrogen-bond donors (Lipinski definition) is 1. The zero-order chi connectivity index (χ0) is 15.4. The molecule has 0 aromatic heterocycles. The molecule has 1 N–H and O–H groups in total. The zero-order valence-electron chi connectivity index (χ0n) is 14.6. The lowest BCUT2D eigenvalue weighted by atomic mass is 10.0. The second-order valence-electron chi connectivity index (χ2n) is 4.92. The van der Waals surface area contributed by atoms with Crippen molar-refractivity contribution in [1.29, 1.82) is 0 Å². The second-order valence-corrected chi connectivity index (χ2v) is 4.92. The number of allylic oxidation sites excluding steroid dienone is 2. The van der Waals surface area contributed by atoms with Gasteiger partial charge in [-0.05, 0) is 32.6 Å². The Morgan fingerprint density at radius 2 is 1.16 bits per heavy atom. The summed E-state index contributed by atoms with van der Waals surface area (Å²) in [4.78, 5) is 0. The van der Waals surface area contributed by atoms with E-state index in [0.29, 0.717) is 0 Å². The molecule has 0 bridgehead atoms. The van der Waals surface area contributed by atoms with E-state index in [1.807, 2.05) is 0 Å². The average Bonchev–Trinajstić information content (AvgIpc) is 2.45. The van der Waals surface area contributed by atoms with Gasteiger partial charge in [-0.2, -0.15) is 0 Å². The molecule has 0 saturated heterocycles. The van der Waals surface area contributed by atoms with E-state index >= 15 is 0 Å². The molecule has 0 aromatic rings. The third kappa shape index (κ3) is 27.0. The van der Waals surface area contributed by atoms with Crippen LogP contribution in [-0.2, 0) is 0 Å². The Morgan fingerprint density at radius 3 is 1.58 bits per heavy atom. The van der Waals surface area contributed by atoms with Crippen LogP contribution < -0.4 is 0 Å². The first kappa shape index (κ1) is 23.8. The molecule has 1 heteroatoms. The standard InChI is InChI=1S/C14H28.C3H8.CH4O/c1-4-7-9-10-11-13-14(6-3)12-8-5-2;1-3-2;1-2/h6H,4-5,7-13H2,1-3H3;3H2,1-2H3;2H,1H3/b14-6-;;.